The van der Waals surface area contributed by atoms with E-state index >= 15 is 0 Å². The average molecular weight is 307 g/mol. The third-order valence-corrected chi connectivity index (χ3v) is 6.86. The van der Waals surface area contributed by atoms with Gasteiger partial charge in [0, 0.05) is 20.1 Å². The van der Waals surface area contributed by atoms with E-state index in [9.17, 15) is 0 Å². The summed E-state index contributed by atoms with van der Waals surface area (Å²) in [7, 11) is 4.11. The van der Waals surface area contributed by atoms with E-state index in [1.807, 2.05) is 12.1 Å². The summed E-state index contributed by atoms with van der Waals surface area (Å²) in [6, 6.07) is 6.71. The Labute approximate surface area is 133 Å². The van der Waals surface area contributed by atoms with Crippen LogP contribution in [0.15, 0.2) is 18.2 Å². The van der Waals surface area contributed by atoms with E-state index in [-0.39, 0.29) is 0 Å². The van der Waals surface area contributed by atoms with Gasteiger partial charge in [0.05, 0.1) is 16.4 Å². The zero-order valence-electron chi connectivity index (χ0n) is 13.8. The van der Waals surface area contributed by atoms with Crippen molar-refractivity contribution in [1.29, 1.82) is 0 Å². The third-order valence-electron chi connectivity index (χ3n) is 6.56. The van der Waals surface area contributed by atoms with Gasteiger partial charge in [-0.25, -0.2) is 0 Å². The molecule has 3 heteroatoms. The zero-order valence-corrected chi connectivity index (χ0v) is 14.6. The van der Waals surface area contributed by atoms with Crippen LogP contribution in [0.4, 0.5) is 11.4 Å². The fraction of sp³-hybridized carbons (Fsp3) is 0.667. The topological polar surface area (TPSA) is 15.3 Å². The first kappa shape index (κ1) is 15.0. The lowest BCUT2D eigenvalue weighted by Crippen LogP contribution is -2.40. The number of nitrogens with one attached hydrogen (secondary N) is 1. The van der Waals surface area contributed by atoms with Crippen LogP contribution in [0.1, 0.15) is 40.0 Å². The summed E-state index contributed by atoms with van der Waals surface area (Å²) in [5.41, 5.74) is 3.08. The fourth-order valence-corrected chi connectivity index (χ4v) is 5.04. The number of benzene rings is 1. The zero-order chi connectivity index (χ0) is 15.4. The summed E-state index contributed by atoms with van der Waals surface area (Å²) in [6.45, 7) is 7.38. The molecule has 2 aliphatic carbocycles. The maximum atomic E-state index is 6.40. The highest BCUT2D eigenvalue weighted by molar-refractivity contribution is 6.34. The van der Waals surface area contributed by atoms with Crippen molar-refractivity contribution >= 4 is 23.0 Å². The van der Waals surface area contributed by atoms with Crippen LogP contribution in [-0.4, -0.2) is 20.1 Å². The molecule has 0 spiro atoms. The molecule has 0 radical (unpaired) electrons. The van der Waals surface area contributed by atoms with Crippen LogP contribution in [0.5, 0.6) is 0 Å². The van der Waals surface area contributed by atoms with E-state index < -0.39 is 0 Å². The van der Waals surface area contributed by atoms with E-state index in [0.29, 0.717) is 16.9 Å². The molecule has 0 amide bonds. The average Bonchev–Trinajstić information content (AvgIpc) is 2.71. The molecule has 0 heterocycles. The Morgan fingerprint density at radius 3 is 2.48 bits per heavy atom. The van der Waals surface area contributed by atoms with Crippen molar-refractivity contribution in [3.05, 3.63) is 23.2 Å². The molecule has 2 fully saturated rings. The van der Waals surface area contributed by atoms with Crippen LogP contribution in [0.2, 0.25) is 5.02 Å². The molecule has 0 aliphatic heterocycles. The lowest BCUT2D eigenvalue weighted by molar-refractivity contribution is 0.142. The van der Waals surface area contributed by atoms with Crippen molar-refractivity contribution in [2.45, 2.75) is 46.1 Å². The lowest BCUT2D eigenvalue weighted by Gasteiger charge is -2.40. The number of hydrogen-bond donors (Lipinski definition) is 1. The largest absolute Gasteiger partial charge is 0.380 e. The predicted molar refractivity (Wildman–Crippen MR) is 92.4 cm³/mol. The number of para-hydroxylation sites is 1. The molecule has 0 saturated heterocycles. The van der Waals surface area contributed by atoms with Gasteiger partial charge >= 0.3 is 0 Å². The van der Waals surface area contributed by atoms with Gasteiger partial charge in [0.15, 0.2) is 0 Å². The predicted octanol–water partition coefficient (Wildman–Crippen LogP) is 5.03. The summed E-state index contributed by atoms with van der Waals surface area (Å²) in [5.74, 6) is 0.849. The van der Waals surface area contributed by atoms with Gasteiger partial charge in [0.25, 0.3) is 0 Å². The minimum Gasteiger partial charge on any atom is -0.380 e. The fourth-order valence-electron chi connectivity index (χ4n) is 4.70. The number of nitrogens with zero attached hydrogens (tertiary/aromatic N) is 1. The SMILES string of the molecule is CN(C)c1c(Cl)cccc1NC1CC2CCC1(C)C2(C)C. The van der Waals surface area contributed by atoms with E-state index in [1.54, 1.807) is 0 Å². The molecule has 1 N–H and O–H groups in total. The van der Waals surface area contributed by atoms with Crippen molar-refractivity contribution in [2.24, 2.45) is 16.7 Å². The molecule has 116 valence electrons. The van der Waals surface area contributed by atoms with Gasteiger partial charge in [-0.15, -0.1) is 0 Å². The smallest absolute Gasteiger partial charge is 0.0786 e. The molecular formula is C18H27ClN2. The number of fused-ring (bicyclic) bond motifs is 2. The monoisotopic (exact) mass is 306 g/mol. The second-order valence-corrected chi connectivity index (χ2v) is 8.25. The summed E-state index contributed by atoms with van der Waals surface area (Å²) in [4.78, 5) is 2.10. The van der Waals surface area contributed by atoms with E-state index in [1.165, 1.54) is 24.9 Å². The van der Waals surface area contributed by atoms with Gasteiger partial charge in [0.1, 0.15) is 0 Å². The number of halogens is 1. The summed E-state index contributed by atoms with van der Waals surface area (Å²) in [5, 5.41) is 4.65. The quantitative estimate of drug-likeness (QED) is 0.842. The molecule has 2 aliphatic rings. The van der Waals surface area contributed by atoms with Crippen molar-refractivity contribution in [3.8, 4) is 0 Å². The maximum absolute atomic E-state index is 6.40. The highest BCUT2D eigenvalue weighted by atomic mass is 35.5. The molecule has 2 nitrogen and oxygen atoms in total. The van der Waals surface area contributed by atoms with Gasteiger partial charge in [-0.3, -0.25) is 0 Å². The molecule has 1 aromatic carbocycles. The number of hydrogen-bond acceptors (Lipinski definition) is 2. The van der Waals surface area contributed by atoms with Crippen molar-refractivity contribution < 1.29 is 0 Å². The van der Waals surface area contributed by atoms with Crippen LogP contribution >= 0.6 is 11.6 Å². The van der Waals surface area contributed by atoms with E-state index in [4.69, 9.17) is 11.6 Å². The molecule has 0 aromatic heterocycles. The lowest BCUT2D eigenvalue weighted by atomic mass is 9.69. The standard InChI is InChI=1S/C18H27ClN2/c1-17(2)12-9-10-18(17,3)15(11-12)20-14-8-6-7-13(19)16(14)21(4)5/h6-8,12,15,20H,9-11H2,1-5H3. The highest BCUT2D eigenvalue weighted by Crippen LogP contribution is 2.66. The number of anilines is 2. The van der Waals surface area contributed by atoms with Gasteiger partial charge in [0.2, 0.25) is 0 Å². The Morgan fingerprint density at radius 1 is 1.24 bits per heavy atom. The first-order valence-corrected chi connectivity index (χ1v) is 8.37. The molecule has 3 rings (SSSR count). The Hall–Kier alpha value is -0.890. The third kappa shape index (κ3) is 2.06. The maximum Gasteiger partial charge on any atom is 0.0786 e. The van der Waals surface area contributed by atoms with E-state index in [0.717, 1.165) is 16.6 Å². The Kier molecular flexibility index (Phi) is 3.44. The molecule has 3 unspecified atom stereocenters. The van der Waals surface area contributed by atoms with Gasteiger partial charge in [-0.1, -0.05) is 38.4 Å². The minimum absolute atomic E-state index is 0.379. The molecule has 2 saturated carbocycles. The van der Waals surface area contributed by atoms with Crippen molar-refractivity contribution in [1.82, 2.24) is 0 Å². The first-order valence-electron chi connectivity index (χ1n) is 8.00. The molecule has 3 atom stereocenters. The Balaban J connectivity index is 1.91. The second-order valence-electron chi connectivity index (χ2n) is 7.84. The van der Waals surface area contributed by atoms with Crippen LogP contribution in [-0.2, 0) is 0 Å². The van der Waals surface area contributed by atoms with Gasteiger partial charge < -0.3 is 10.2 Å². The molecule has 2 bridgehead atoms. The summed E-state index contributed by atoms with van der Waals surface area (Å²) in [6.07, 6.45) is 4.00. The van der Waals surface area contributed by atoms with Crippen molar-refractivity contribution in [2.75, 3.05) is 24.3 Å². The Morgan fingerprint density at radius 2 is 1.95 bits per heavy atom. The molecule has 21 heavy (non-hydrogen) atoms. The Bertz CT molecular complexity index is 552. The van der Waals surface area contributed by atoms with E-state index in [2.05, 4.69) is 51.1 Å². The highest BCUT2D eigenvalue weighted by Gasteiger charge is 2.61. The van der Waals surface area contributed by atoms with Crippen molar-refractivity contribution in [3.63, 3.8) is 0 Å². The molecular weight excluding hydrogens is 280 g/mol. The second kappa shape index (κ2) is 4.81. The van der Waals surface area contributed by atoms with Gasteiger partial charge in [-0.05, 0) is 48.1 Å². The van der Waals surface area contributed by atoms with Crippen LogP contribution < -0.4 is 10.2 Å². The summed E-state index contributed by atoms with van der Waals surface area (Å²) < 4.78 is 0. The van der Waals surface area contributed by atoms with Gasteiger partial charge in [-0.2, -0.15) is 0 Å². The number of rotatable bonds is 3. The minimum atomic E-state index is 0.379. The van der Waals surface area contributed by atoms with Crippen LogP contribution in [0.25, 0.3) is 0 Å². The molecule has 1 aromatic rings. The van der Waals surface area contributed by atoms with Crippen LogP contribution in [0, 0.1) is 16.7 Å². The first-order chi connectivity index (χ1) is 9.77. The normalized spacial score (nSPS) is 33.2. The summed E-state index contributed by atoms with van der Waals surface area (Å²) >= 11 is 6.40. The van der Waals surface area contributed by atoms with Crippen LogP contribution in [0.3, 0.4) is 0 Å².